The second kappa shape index (κ2) is 4.90. The number of aromatic amines is 1. The summed E-state index contributed by atoms with van der Waals surface area (Å²) < 4.78 is 0. The van der Waals surface area contributed by atoms with Gasteiger partial charge in [-0.3, -0.25) is 9.59 Å². The molecule has 20 heavy (non-hydrogen) atoms. The van der Waals surface area contributed by atoms with Crippen molar-refractivity contribution in [2.75, 3.05) is 5.73 Å². The zero-order valence-corrected chi connectivity index (χ0v) is 11.2. The lowest BCUT2D eigenvalue weighted by molar-refractivity contribution is 0.112. The first-order valence-electron chi connectivity index (χ1n) is 5.98. The van der Waals surface area contributed by atoms with Gasteiger partial charge in [0, 0.05) is 16.9 Å². The van der Waals surface area contributed by atoms with Gasteiger partial charge in [-0.1, -0.05) is 24.3 Å². The number of thiophene rings is 1. The molecule has 0 aliphatic carbocycles. The van der Waals surface area contributed by atoms with Gasteiger partial charge in [0.15, 0.2) is 0 Å². The predicted molar refractivity (Wildman–Crippen MR) is 79.3 cm³/mol. The average molecular weight is 285 g/mol. The summed E-state index contributed by atoms with van der Waals surface area (Å²) in [7, 11) is 0. The smallest absolute Gasteiger partial charge is 0.283 e. The molecule has 3 aromatic rings. The van der Waals surface area contributed by atoms with E-state index in [2.05, 4.69) is 9.97 Å². The monoisotopic (exact) mass is 285 g/mol. The highest BCUT2D eigenvalue weighted by atomic mass is 32.1. The second-order valence-corrected chi connectivity index (χ2v) is 5.56. The Morgan fingerprint density at radius 3 is 2.75 bits per heavy atom. The number of hydrogen-bond donors (Lipinski definition) is 2. The minimum absolute atomic E-state index is 0.131. The number of nitrogen functional groups attached to an aromatic ring is 1. The van der Waals surface area contributed by atoms with Crippen molar-refractivity contribution in [3.05, 3.63) is 56.7 Å². The molecule has 0 amide bonds. The van der Waals surface area contributed by atoms with Crippen LogP contribution in [0.25, 0.3) is 10.2 Å². The number of carbonyl (C=O) groups excluding carboxylic acids is 1. The van der Waals surface area contributed by atoms with Gasteiger partial charge in [-0.05, 0) is 11.6 Å². The van der Waals surface area contributed by atoms with Crippen molar-refractivity contribution in [3.63, 3.8) is 0 Å². The van der Waals surface area contributed by atoms with Crippen molar-refractivity contribution in [1.29, 1.82) is 0 Å². The summed E-state index contributed by atoms with van der Waals surface area (Å²) >= 11 is 1.49. The minimum Gasteiger partial charge on any atom is -0.369 e. The molecular weight excluding hydrogens is 274 g/mol. The number of nitrogens with zero attached hydrogens (tertiary/aromatic N) is 1. The molecule has 5 nitrogen and oxygen atoms in total. The summed E-state index contributed by atoms with van der Waals surface area (Å²) in [6.45, 7) is 0. The van der Waals surface area contributed by atoms with E-state index >= 15 is 0 Å². The molecule has 0 radical (unpaired) electrons. The number of nitrogens with one attached hydrogen (secondary N) is 1. The van der Waals surface area contributed by atoms with Gasteiger partial charge < -0.3 is 10.7 Å². The lowest BCUT2D eigenvalue weighted by atomic mass is 10.1. The van der Waals surface area contributed by atoms with Crippen LogP contribution in [0.5, 0.6) is 0 Å². The summed E-state index contributed by atoms with van der Waals surface area (Å²) in [5.41, 5.74) is 6.94. The van der Waals surface area contributed by atoms with Gasteiger partial charge in [-0.25, -0.2) is 0 Å². The fourth-order valence-corrected chi connectivity index (χ4v) is 3.10. The third-order valence-electron chi connectivity index (χ3n) is 2.97. The van der Waals surface area contributed by atoms with Gasteiger partial charge in [0.25, 0.3) is 5.56 Å². The highest BCUT2D eigenvalue weighted by Crippen LogP contribution is 2.24. The molecule has 0 bridgehead atoms. The number of carbonyl (C=O) groups is 1. The maximum atomic E-state index is 11.7. The van der Waals surface area contributed by atoms with Gasteiger partial charge in [0.05, 0.1) is 5.39 Å². The summed E-state index contributed by atoms with van der Waals surface area (Å²) in [6, 6.07) is 9.20. The van der Waals surface area contributed by atoms with Gasteiger partial charge in [-0.15, -0.1) is 11.3 Å². The molecule has 2 heterocycles. The number of rotatable bonds is 3. The highest BCUT2D eigenvalue weighted by Gasteiger charge is 2.08. The molecule has 1 aromatic carbocycles. The summed E-state index contributed by atoms with van der Waals surface area (Å²) in [5.74, 6) is 0.131. The SMILES string of the molecule is Nc1nc(=O)c2cc(Cc3ccc(C=O)cc3)sc2[nH]1. The Morgan fingerprint density at radius 1 is 1.30 bits per heavy atom. The first-order valence-corrected chi connectivity index (χ1v) is 6.79. The second-order valence-electron chi connectivity index (χ2n) is 4.42. The van der Waals surface area contributed by atoms with E-state index in [1.54, 1.807) is 12.1 Å². The van der Waals surface area contributed by atoms with E-state index < -0.39 is 0 Å². The molecule has 3 N–H and O–H groups in total. The Bertz CT molecular complexity index is 834. The van der Waals surface area contributed by atoms with Crippen LogP contribution in [-0.2, 0) is 6.42 Å². The zero-order valence-electron chi connectivity index (χ0n) is 10.4. The summed E-state index contributed by atoms with van der Waals surface area (Å²) in [6.07, 6.45) is 1.52. The van der Waals surface area contributed by atoms with Crippen LogP contribution in [0.15, 0.2) is 35.1 Å². The summed E-state index contributed by atoms with van der Waals surface area (Å²) in [4.78, 5) is 30.7. The van der Waals surface area contributed by atoms with Crippen LogP contribution in [0.3, 0.4) is 0 Å². The maximum absolute atomic E-state index is 11.7. The molecule has 0 saturated heterocycles. The molecule has 0 unspecified atom stereocenters. The molecule has 0 saturated carbocycles. The van der Waals surface area contributed by atoms with Crippen molar-refractivity contribution in [2.24, 2.45) is 0 Å². The molecule has 0 spiro atoms. The van der Waals surface area contributed by atoms with Crippen molar-refractivity contribution in [2.45, 2.75) is 6.42 Å². The van der Waals surface area contributed by atoms with Crippen LogP contribution >= 0.6 is 11.3 Å². The zero-order chi connectivity index (χ0) is 14.1. The normalized spacial score (nSPS) is 10.8. The largest absolute Gasteiger partial charge is 0.369 e. The van der Waals surface area contributed by atoms with Crippen LogP contribution in [-0.4, -0.2) is 16.3 Å². The van der Waals surface area contributed by atoms with E-state index in [0.29, 0.717) is 17.4 Å². The lowest BCUT2D eigenvalue weighted by Gasteiger charge is -1.98. The van der Waals surface area contributed by atoms with E-state index in [9.17, 15) is 9.59 Å². The van der Waals surface area contributed by atoms with Gasteiger partial charge in [0.1, 0.15) is 11.1 Å². The van der Waals surface area contributed by atoms with E-state index in [4.69, 9.17) is 5.73 Å². The van der Waals surface area contributed by atoms with Crippen molar-refractivity contribution >= 4 is 33.8 Å². The van der Waals surface area contributed by atoms with E-state index in [1.807, 2.05) is 18.2 Å². The first-order chi connectivity index (χ1) is 9.65. The fraction of sp³-hybridized carbons (Fsp3) is 0.0714. The molecule has 6 heteroatoms. The van der Waals surface area contributed by atoms with Crippen LogP contribution in [0.4, 0.5) is 5.95 Å². The Balaban J connectivity index is 1.96. The fourth-order valence-electron chi connectivity index (χ4n) is 2.01. The van der Waals surface area contributed by atoms with Crippen LogP contribution in [0, 0.1) is 0 Å². The first kappa shape index (κ1) is 12.6. The van der Waals surface area contributed by atoms with Crippen LogP contribution in [0.2, 0.25) is 0 Å². The number of fused-ring (bicyclic) bond motifs is 1. The summed E-state index contributed by atoms with van der Waals surface area (Å²) in [5, 5.41) is 0.559. The maximum Gasteiger partial charge on any atom is 0.283 e. The van der Waals surface area contributed by atoms with Crippen molar-refractivity contribution in [1.82, 2.24) is 9.97 Å². The Labute approximate surface area is 118 Å². The highest BCUT2D eigenvalue weighted by molar-refractivity contribution is 7.18. The third kappa shape index (κ3) is 2.33. The molecule has 0 atom stereocenters. The van der Waals surface area contributed by atoms with Crippen LogP contribution < -0.4 is 11.3 Å². The number of aldehydes is 1. The Morgan fingerprint density at radius 2 is 2.05 bits per heavy atom. The third-order valence-corrected chi connectivity index (χ3v) is 4.02. The van der Waals surface area contributed by atoms with Gasteiger partial charge in [-0.2, -0.15) is 4.98 Å². The number of aromatic nitrogens is 2. The van der Waals surface area contributed by atoms with E-state index in [-0.39, 0.29) is 11.5 Å². The number of nitrogens with two attached hydrogens (primary N) is 1. The Kier molecular flexibility index (Phi) is 3.08. The van der Waals surface area contributed by atoms with Crippen LogP contribution in [0.1, 0.15) is 20.8 Å². The lowest BCUT2D eigenvalue weighted by Crippen LogP contribution is -2.09. The average Bonchev–Trinajstić information content (AvgIpc) is 2.82. The molecular formula is C14H11N3O2S. The van der Waals surface area contributed by atoms with Gasteiger partial charge in [0.2, 0.25) is 5.95 Å². The molecule has 2 aromatic heterocycles. The van der Waals surface area contributed by atoms with E-state index in [0.717, 1.165) is 21.6 Å². The topological polar surface area (TPSA) is 88.8 Å². The number of anilines is 1. The molecule has 0 fully saturated rings. The van der Waals surface area contributed by atoms with Crippen molar-refractivity contribution in [3.8, 4) is 0 Å². The molecule has 0 aliphatic heterocycles. The van der Waals surface area contributed by atoms with Gasteiger partial charge >= 0.3 is 0 Å². The number of H-pyrrole nitrogens is 1. The number of hydrogen-bond acceptors (Lipinski definition) is 5. The standard InChI is InChI=1S/C14H11N3O2S/c15-14-16-12(19)11-6-10(20-13(11)17-14)5-8-1-3-9(7-18)4-2-8/h1-4,6-7H,5H2,(H3,15,16,17,19). The minimum atomic E-state index is -0.310. The predicted octanol–water partition coefficient (Wildman–Crippen LogP) is 1.97. The Hall–Kier alpha value is -2.47. The molecule has 0 aliphatic rings. The molecule has 100 valence electrons. The van der Waals surface area contributed by atoms with Crippen molar-refractivity contribution < 1.29 is 4.79 Å². The molecule has 3 rings (SSSR count). The number of benzene rings is 1. The quantitative estimate of drug-likeness (QED) is 0.720. The van der Waals surface area contributed by atoms with E-state index in [1.165, 1.54) is 11.3 Å².